The molecule has 3 nitrogen and oxygen atoms in total. The van der Waals surface area contributed by atoms with Crippen molar-refractivity contribution in [2.24, 2.45) is 10.6 Å². The van der Waals surface area contributed by atoms with Crippen molar-refractivity contribution in [3.05, 3.63) is 41.5 Å². The van der Waals surface area contributed by atoms with Crippen LogP contribution in [0, 0.1) is 5.41 Å². The molecule has 1 aliphatic rings. The number of carbonyl (C=O) groups is 1. The van der Waals surface area contributed by atoms with Crippen LogP contribution in [0.3, 0.4) is 0 Å². The van der Waals surface area contributed by atoms with Crippen molar-refractivity contribution >= 4 is 17.8 Å². The Morgan fingerprint density at radius 2 is 1.95 bits per heavy atom. The Balaban J connectivity index is 2.03. The maximum Gasteiger partial charge on any atom is 0.335 e. The molecule has 0 aromatic heterocycles. The molecule has 0 bridgehead atoms. The van der Waals surface area contributed by atoms with Gasteiger partial charge >= 0.3 is 5.97 Å². The van der Waals surface area contributed by atoms with Crippen molar-refractivity contribution in [2.75, 3.05) is 0 Å². The van der Waals surface area contributed by atoms with E-state index in [1.165, 1.54) is 5.57 Å². The maximum atomic E-state index is 11.7. The minimum atomic E-state index is -0.263. The third-order valence-electron chi connectivity index (χ3n) is 3.30. The van der Waals surface area contributed by atoms with Gasteiger partial charge in [-0.15, -0.1) is 0 Å². The van der Waals surface area contributed by atoms with Crippen LogP contribution < -0.4 is 0 Å². The smallest absolute Gasteiger partial charge is 0.318 e. The SMILES string of the molecule is CC(C)(C)CC(=O)O/N=C1\CCC\C1=C/c1ccccc1. The van der Waals surface area contributed by atoms with Crippen molar-refractivity contribution in [3.8, 4) is 0 Å². The average Bonchev–Trinajstić information content (AvgIpc) is 2.83. The summed E-state index contributed by atoms with van der Waals surface area (Å²) in [5.41, 5.74) is 3.16. The Labute approximate surface area is 126 Å². The van der Waals surface area contributed by atoms with Crippen molar-refractivity contribution in [1.82, 2.24) is 0 Å². The van der Waals surface area contributed by atoms with Crippen LogP contribution in [0.15, 0.2) is 41.1 Å². The van der Waals surface area contributed by atoms with E-state index in [0.717, 1.165) is 30.5 Å². The lowest BCUT2D eigenvalue weighted by atomic mass is 9.93. The molecule has 3 heteroatoms. The van der Waals surface area contributed by atoms with E-state index < -0.39 is 0 Å². The first-order valence-electron chi connectivity index (χ1n) is 7.47. The molecule has 1 aliphatic carbocycles. The number of carbonyl (C=O) groups excluding carboxylic acids is 1. The van der Waals surface area contributed by atoms with Crippen LogP contribution in [-0.2, 0) is 9.63 Å². The number of rotatable bonds is 3. The lowest BCUT2D eigenvalue weighted by molar-refractivity contribution is -0.145. The fraction of sp³-hybridized carbons (Fsp3) is 0.444. The molecule has 0 radical (unpaired) electrons. The van der Waals surface area contributed by atoms with Crippen molar-refractivity contribution in [1.29, 1.82) is 0 Å². The van der Waals surface area contributed by atoms with Gasteiger partial charge in [-0.25, -0.2) is 4.79 Å². The van der Waals surface area contributed by atoms with Crippen LogP contribution in [0.5, 0.6) is 0 Å². The number of allylic oxidation sites excluding steroid dienone is 1. The van der Waals surface area contributed by atoms with Gasteiger partial charge in [-0.1, -0.05) is 56.3 Å². The Bertz CT molecular complexity index is 550. The van der Waals surface area contributed by atoms with Gasteiger partial charge in [-0.2, -0.15) is 0 Å². The zero-order valence-corrected chi connectivity index (χ0v) is 13.1. The van der Waals surface area contributed by atoms with Crippen molar-refractivity contribution < 1.29 is 9.63 Å². The fourth-order valence-corrected chi connectivity index (χ4v) is 2.33. The van der Waals surface area contributed by atoms with E-state index >= 15 is 0 Å². The predicted molar refractivity (Wildman–Crippen MR) is 85.9 cm³/mol. The van der Waals surface area contributed by atoms with Crippen LogP contribution in [0.25, 0.3) is 6.08 Å². The molecule has 1 aromatic rings. The lowest BCUT2D eigenvalue weighted by Crippen LogP contribution is -2.14. The predicted octanol–water partition coefficient (Wildman–Crippen LogP) is 4.59. The van der Waals surface area contributed by atoms with Gasteiger partial charge in [0.15, 0.2) is 0 Å². The summed E-state index contributed by atoms with van der Waals surface area (Å²) in [7, 11) is 0. The Morgan fingerprint density at radius 1 is 1.24 bits per heavy atom. The van der Waals surface area contributed by atoms with Crippen LogP contribution in [0.4, 0.5) is 0 Å². The minimum Gasteiger partial charge on any atom is -0.318 e. The first kappa shape index (κ1) is 15.5. The topological polar surface area (TPSA) is 38.7 Å². The second-order valence-electron chi connectivity index (χ2n) is 6.67. The van der Waals surface area contributed by atoms with Gasteiger partial charge in [0.25, 0.3) is 0 Å². The zero-order chi connectivity index (χ0) is 15.3. The van der Waals surface area contributed by atoms with E-state index in [9.17, 15) is 4.79 Å². The fourth-order valence-electron chi connectivity index (χ4n) is 2.33. The van der Waals surface area contributed by atoms with E-state index in [2.05, 4.69) is 23.4 Å². The van der Waals surface area contributed by atoms with Gasteiger partial charge in [0, 0.05) is 0 Å². The molecule has 0 spiro atoms. The summed E-state index contributed by atoms with van der Waals surface area (Å²) in [6, 6.07) is 10.2. The van der Waals surface area contributed by atoms with Gasteiger partial charge < -0.3 is 4.84 Å². The molecule has 1 aromatic carbocycles. The van der Waals surface area contributed by atoms with Gasteiger partial charge in [0.2, 0.25) is 0 Å². The summed E-state index contributed by atoms with van der Waals surface area (Å²) >= 11 is 0. The van der Waals surface area contributed by atoms with E-state index in [1.54, 1.807) is 0 Å². The van der Waals surface area contributed by atoms with E-state index in [4.69, 9.17) is 4.84 Å². The van der Waals surface area contributed by atoms with E-state index in [0.29, 0.717) is 6.42 Å². The normalized spacial score (nSPS) is 19.2. The molecule has 0 N–H and O–H groups in total. The Morgan fingerprint density at radius 3 is 2.62 bits per heavy atom. The summed E-state index contributed by atoms with van der Waals surface area (Å²) in [4.78, 5) is 16.8. The van der Waals surface area contributed by atoms with Crippen LogP contribution in [-0.4, -0.2) is 11.7 Å². The van der Waals surface area contributed by atoms with Crippen LogP contribution in [0.1, 0.15) is 52.0 Å². The van der Waals surface area contributed by atoms with Crippen molar-refractivity contribution in [3.63, 3.8) is 0 Å². The third-order valence-corrected chi connectivity index (χ3v) is 3.30. The highest BCUT2D eigenvalue weighted by Gasteiger charge is 2.19. The summed E-state index contributed by atoms with van der Waals surface area (Å²) < 4.78 is 0. The summed E-state index contributed by atoms with van der Waals surface area (Å²) in [5.74, 6) is -0.263. The highest BCUT2D eigenvalue weighted by Crippen LogP contribution is 2.25. The third kappa shape index (κ3) is 5.18. The molecule has 0 amide bonds. The number of hydrogen-bond donors (Lipinski definition) is 0. The van der Waals surface area contributed by atoms with E-state index in [1.807, 2.05) is 39.0 Å². The molecule has 21 heavy (non-hydrogen) atoms. The molecule has 0 atom stereocenters. The second kappa shape index (κ2) is 6.70. The highest BCUT2D eigenvalue weighted by atomic mass is 16.7. The summed E-state index contributed by atoms with van der Waals surface area (Å²) in [6.07, 6.45) is 5.44. The number of benzene rings is 1. The molecule has 0 saturated heterocycles. The van der Waals surface area contributed by atoms with Crippen LogP contribution in [0.2, 0.25) is 0 Å². The zero-order valence-electron chi connectivity index (χ0n) is 13.1. The van der Waals surface area contributed by atoms with Gasteiger partial charge in [0.1, 0.15) is 0 Å². The maximum absolute atomic E-state index is 11.7. The second-order valence-corrected chi connectivity index (χ2v) is 6.67. The first-order valence-corrected chi connectivity index (χ1v) is 7.47. The molecule has 0 heterocycles. The molecule has 0 unspecified atom stereocenters. The Kier molecular flexibility index (Phi) is 4.94. The van der Waals surface area contributed by atoms with Gasteiger partial charge in [-0.05, 0) is 41.9 Å². The standard InChI is InChI=1S/C18H23NO2/c1-18(2,3)13-17(20)21-19-16-11-7-10-15(16)12-14-8-5-4-6-9-14/h4-6,8-9,12H,7,10-11,13H2,1-3H3/b15-12+,19-16+. The average molecular weight is 285 g/mol. The summed E-state index contributed by atoms with van der Waals surface area (Å²) in [5, 5.41) is 4.08. The molecule has 1 fully saturated rings. The van der Waals surface area contributed by atoms with Gasteiger partial charge in [0.05, 0.1) is 12.1 Å². The molecule has 2 rings (SSSR count). The highest BCUT2D eigenvalue weighted by molar-refractivity contribution is 6.05. The monoisotopic (exact) mass is 285 g/mol. The molecular weight excluding hydrogens is 262 g/mol. The molecule has 0 aliphatic heterocycles. The quantitative estimate of drug-likeness (QED) is 0.602. The lowest BCUT2D eigenvalue weighted by Gasteiger charge is -2.14. The number of hydrogen-bond acceptors (Lipinski definition) is 3. The largest absolute Gasteiger partial charge is 0.335 e. The molecule has 112 valence electrons. The summed E-state index contributed by atoms with van der Waals surface area (Å²) in [6.45, 7) is 6.03. The number of oxime groups is 1. The minimum absolute atomic E-state index is 0.0738. The first-order chi connectivity index (χ1) is 9.94. The van der Waals surface area contributed by atoms with Gasteiger partial charge in [-0.3, -0.25) is 0 Å². The van der Waals surface area contributed by atoms with Crippen LogP contribution >= 0.6 is 0 Å². The number of nitrogens with zero attached hydrogens (tertiary/aromatic N) is 1. The Hall–Kier alpha value is -1.90. The van der Waals surface area contributed by atoms with Crippen molar-refractivity contribution in [2.45, 2.75) is 46.5 Å². The molecule has 1 saturated carbocycles. The molecular formula is C18H23NO2. The van der Waals surface area contributed by atoms with E-state index in [-0.39, 0.29) is 11.4 Å².